The first kappa shape index (κ1) is 18.6. The lowest BCUT2D eigenvalue weighted by molar-refractivity contribution is -0.141. The zero-order valence-corrected chi connectivity index (χ0v) is 15.1. The van der Waals surface area contributed by atoms with Crippen LogP contribution in [0.2, 0.25) is 0 Å². The number of hydrogen-bond donors (Lipinski definition) is 2. The summed E-state index contributed by atoms with van der Waals surface area (Å²) in [5.41, 5.74) is 1.01. The van der Waals surface area contributed by atoms with Gasteiger partial charge in [-0.1, -0.05) is 18.2 Å². The van der Waals surface area contributed by atoms with Gasteiger partial charge in [0.15, 0.2) is 11.5 Å². The molecular weight excluding hydrogens is 350 g/mol. The van der Waals surface area contributed by atoms with E-state index in [0.29, 0.717) is 22.6 Å². The van der Waals surface area contributed by atoms with Crippen molar-refractivity contribution < 1.29 is 29.3 Å². The number of carboxylic acids is 1. The van der Waals surface area contributed by atoms with Crippen LogP contribution in [-0.4, -0.2) is 54.3 Å². The molecule has 142 valence electrons. The molecule has 3 rings (SSSR count). The van der Waals surface area contributed by atoms with E-state index < -0.39 is 17.8 Å². The minimum Gasteiger partial charge on any atom is -0.508 e. The molecule has 0 saturated carbocycles. The van der Waals surface area contributed by atoms with E-state index in [1.54, 1.807) is 30.3 Å². The second-order valence-electron chi connectivity index (χ2n) is 6.39. The molecule has 1 amide bonds. The first-order valence-corrected chi connectivity index (χ1v) is 8.48. The van der Waals surface area contributed by atoms with Crippen molar-refractivity contribution in [3.8, 4) is 17.2 Å². The summed E-state index contributed by atoms with van der Waals surface area (Å²) < 4.78 is 10.8. The molecule has 2 aromatic carbocycles. The van der Waals surface area contributed by atoms with Gasteiger partial charge < -0.3 is 24.6 Å². The number of rotatable bonds is 5. The highest BCUT2D eigenvalue weighted by Gasteiger charge is 2.42. The summed E-state index contributed by atoms with van der Waals surface area (Å²) in [6.45, 7) is 0.309. The third-order valence-electron chi connectivity index (χ3n) is 4.85. The number of methoxy groups -OCH3 is 2. The number of carbonyl (C=O) groups excluding carboxylic acids is 1. The number of phenols is 1. The van der Waals surface area contributed by atoms with Crippen molar-refractivity contribution in [3.63, 3.8) is 0 Å². The number of amides is 1. The smallest absolute Gasteiger partial charge is 0.308 e. The van der Waals surface area contributed by atoms with Crippen molar-refractivity contribution in [1.82, 2.24) is 4.90 Å². The van der Waals surface area contributed by atoms with Crippen LogP contribution in [0.5, 0.6) is 17.2 Å². The summed E-state index contributed by atoms with van der Waals surface area (Å²) in [6, 6.07) is 11.3. The van der Waals surface area contributed by atoms with Crippen molar-refractivity contribution >= 4 is 11.9 Å². The Hall–Kier alpha value is -3.22. The van der Waals surface area contributed by atoms with Crippen molar-refractivity contribution in [2.75, 3.05) is 27.3 Å². The summed E-state index contributed by atoms with van der Waals surface area (Å²) in [5, 5.41) is 19.3. The van der Waals surface area contributed by atoms with E-state index in [1.807, 2.05) is 0 Å². The Balaban J connectivity index is 1.95. The van der Waals surface area contributed by atoms with Gasteiger partial charge in [0.25, 0.3) is 5.91 Å². The second kappa shape index (κ2) is 7.57. The summed E-state index contributed by atoms with van der Waals surface area (Å²) >= 11 is 0. The number of ether oxygens (including phenoxy) is 2. The molecule has 7 heteroatoms. The van der Waals surface area contributed by atoms with Crippen LogP contribution >= 0.6 is 0 Å². The molecule has 2 aromatic rings. The number of carboxylic acid groups (broad SMARTS) is 1. The molecule has 1 saturated heterocycles. The SMILES string of the molecule is COc1cccc([C@@H]2CN(C(=O)c3cccc(O)c3)C[C@H]2C(=O)O)c1OC. The molecule has 1 aliphatic heterocycles. The third kappa shape index (κ3) is 3.53. The highest BCUT2D eigenvalue weighted by Crippen LogP contribution is 2.42. The molecule has 1 fully saturated rings. The summed E-state index contributed by atoms with van der Waals surface area (Å²) in [6.07, 6.45) is 0. The molecule has 0 bridgehead atoms. The number of phenolic OH excluding ortho intramolecular Hbond substituents is 1. The molecule has 0 spiro atoms. The van der Waals surface area contributed by atoms with Crippen LogP contribution in [0.1, 0.15) is 21.8 Å². The van der Waals surface area contributed by atoms with E-state index in [1.165, 1.54) is 31.3 Å². The quantitative estimate of drug-likeness (QED) is 0.838. The Bertz CT molecular complexity index is 865. The summed E-state index contributed by atoms with van der Waals surface area (Å²) in [5.74, 6) is -1.53. The van der Waals surface area contributed by atoms with Gasteiger partial charge in [0.05, 0.1) is 20.1 Å². The maximum absolute atomic E-state index is 12.8. The number of para-hydroxylation sites is 1. The second-order valence-corrected chi connectivity index (χ2v) is 6.39. The van der Waals surface area contributed by atoms with Gasteiger partial charge in [-0.05, 0) is 24.3 Å². The van der Waals surface area contributed by atoms with Gasteiger partial charge in [-0.2, -0.15) is 0 Å². The molecule has 1 aliphatic rings. The van der Waals surface area contributed by atoms with Gasteiger partial charge >= 0.3 is 5.97 Å². The number of likely N-dealkylation sites (tertiary alicyclic amines) is 1. The lowest BCUT2D eigenvalue weighted by Crippen LogP contribution is -2.29. The molecule has 0 radical (unpaired) electrons. The maximum Gasteiger partial charge on any atom is 0.308 e. The zero-order valence-electron chi connectivity index (χ0n) is 15.1. The number of aromatic hydroxyl groups is 1. The fraction of sp³-hybridized carbons (Fsp3) is 0.300. The zero-order chi connectivity index (χ0) is 19.6. The lowest BCUT2D eigenvalue weighted by atomic mass is 9.88. The molecule has 2 atom stereocenters. The molecule has 0 unspecified atom stereocenters. The Labute approximate surface area is 156 Å². The summed E-state index contributed by atoms with van der Waals surface area (Å²) in [7, 11) is 3.02. The van der Waals surface area contributed by atoms with Crippen molar-refractivity contribution in [1.29, 1.82) is 0 Å². The third-order valence-corrected chi connectivity index (χ3v) is 4.85. The minimum atomic E-state index is -0.976. The Morgan fingerprint density at radius 2 is 1.81 bits per heavy atom. The van der Waals surface area contributed by atoms with E-state index >= 15 is 0 Å². The first-order chi connectivity index (χ1) is 13.0. The van der Waals surface area contributed by atoms with E-state index in [-0.39, 0.29) is 24.7 Å². The average molecular weight is 371 g/mol. The first-order valence-electron chi connectivity index (χ1n) is 8.48. The number of aliphatic carboxylic acids is 1. The molecular formula is C20H21NO6. The Morgan fingerprint density at radius 3 is 2.44 bits per heavy atom. The number of benzene rings is 2. The van der Waals surface area contributed by atoms with E-state index in [9.17, 15) is 19.8 Å². The molecule has 27 heavy (non-hydrogen) atoms. The topological polar surface area (TPSA) is 96.3 Å². The average Bonchev–Trinajstić information content (AvgIpc) is 3.12. The normalized spacial score (nSPS) is 19.0. The van der Waals surface area contributed by atoms with Crippen molar-refractivity contribution in [3.05, 3.63) is 53.6 Å². The predicted octanol–water partition coefficient (Wildman–Crippen LogP) is 2.35. The van der Waals surface area contributed by atoms with Gasteiger partial charge in [0, 0.05) is 30.1 Å². The van der Waals surface area contributed by atoms with Gasteiger partial charge in [-0.3, -0.25) is 9.59 Å². The van der Waals surface area contributed by atoms with E-state index in [4.69, 9.17) is 9.47 Å². The van der Waals surface area contributed by atoms with Crippen LogP contribution in [0.4, 0.5) is 0 Å². The molecule has 7 nitrogen and oxygen atoms in total. The number of nitrogens with zero attached hydrogens (tertiary/aromatic N) is 1. The van der Waals surface area contributed by atoms with Crippen LogP contribution in [-0.2, 0) is 4.79 Å². The fourth-order valence-electron chi connectivity index (χ4n) is 3.56. The molecule has 0 aromatic heterocycles. The fourth-order valence-corrected chi connectivity index (χ4v) is 3.56. The van der Waals surface area contributed by atoms with Crippen LogP contribution in [0.25, 0.3) is 0 Å². The monoisotopic (exact) mass is 371 g/mol. The maximum atomic E-state index is 12.8. The lowest BCUT2D eigenvalue weighted by Gasteiger charge is -2.20. The highest BCUT2D eigenvalue weighted by molar-refractivity contribution is 5.95. The molecule has 1 heterocycles. The van der Waals surface area contributed by atoms with Crippen molar-refractivity contribution in [2.24, 2.45) is 5.92 Å². The van der Waals surface area contributed by atoms with E-state index in [2.05, 4.69) is 0 Å². The van der Waals surface area contributed by atoms with E-state index in [0.717, 1.165) is 0 Å². The van der Waals surface area contributed by atoms with Crippen molar-refractivity contribution in [2.45, 2.75) is 5.92 Å². The molecule has 0 aliphatic carbocycles. The van der Waals surface area contributed by atoms with Gasteiger partial charge in [-0.25, -0.2) is 0 Å². The summed E-state index contributed by atoms with van der Waals surface area (Å²) in [4.78, 5) is 26.1. The Morgan fingerprint density at radius 1 is 1.07 bits per heavy atom. The van der Waals surface area contributed by atoms with Crippen LogP contribution in [0, 0.1) is 5.92 Å². The number of hydrogen-bond acceptors (Lipinski definition) is 5. The standard InChI is InChI=1S/C20H21NO6/c1-26-17-8-4-7-14(18(17)27-2)15-10-21(11-16(15)20(24)25)19(23)12-5-3-6-13(22)9-12/h3-9,15-16,22H,10-11H2,1-2H3,(H,24,25)/t15-,16+/m0/s1. The molecule has 2 N–H and O–H groups in total. The van der Waals surface area contributed by atoms with Crippen LogP contribution in [0.15, 0.2) is 42.5 Å². The largest absolute Gasteiger partial charge is 0.508 e. The van der Waals surface area contributed by atoms with Gasteiger partial charge in [0.1, 0.15) is 5.75 Å². The highest BCUT2D eigenvalue weighted by atomic mass is 16.5. The number of carbonyl (C=O) groups is 2. The van der Waals surface area contributed by atoms with Crippen LogP contribution < -0.4 is 9.47 Å². The minimum absolute atomic E-state index is 0.0131. The predicted molar refractivity (Wildman–Crippen MR) is 97.4 cm³/mol. The van der Waals surface area contributed by atoms with Gasteiger partial charge in [-0.15, -0.1) is 0 Å². The van der Waals surface area contributed by atoms with Crippen LogP contribution in [0.3, 0.4) is 0 Å². The van der Waals surface area contributed by atoms with Gasteiger partial charge in [0.2, 0.25) is 0 Å². The Kier molecular flexibility index (Phi) is 5.21.